The van der Waals surface area contributed by atoms with Gasteiger partial charge in [-0.15, -0.1) is 0 Å². The molecule has 0 bridgehead atoms. The molecule has 60 valence electrons. The molecule has 0 saturated carbocycles. The van der Waals surface area contributed by atoms with E-state index in [9.17, 15) is 4.79 Å². The molecule has 0 radical (unpaired) electrons. The van der Waals surface area contributed by atoms with Gasteiger partial charge in [0.15, 0.2) is 0 Å². The van der Waals surface area contributed by atoms with Crippen LogP contribution in [0, 0.1) is 0 Å². The summed E-state index contributed by atoms with van der Waals surface area (Å²) in [7, 11) is 0. The van der Waals surface area contributed by atoms with E-state index < -0.39 is 11.2 Å². The van der Waals surface area contributed by atoms with Gasteiger partial charge in [-0.2, -0.15) is 0 Å². The van der Waals surface area contributed by atoms with E-state index in [1.807, 2.05) is 0 Å². The van der Waals surface area contributed by atoms with Gasteiger partial charge in [0.2, 0.25) is 0 Å². The maximum atomic E-state index is 10.5. The van der Waals surface area contributed by atoms with Crippen LogP contribution in [0.3, 0.4) is 0 Å². The van der Waals surface area contributed by atoms with Crippen molar-refractivity contribution in [3.8, 4) is 0 Å². The first kappa shape index (κ1) is 9.85. The van der Waals surface area contributed by atoms with Crippen molar-refractivity contribution in [3.63, 3.8) is 0 Å². The summed E-state index contributed by atoms with van der Waals surface area (Å²) in [6.45, 7) is 3.39. The van der Waals surface area contributed by atoms with E-state index >= 15 is 0 Å². The number of carbonyl (C=O) groups is 1. The number of hydrogen-bond donors (Lipinski definition) is 0. The molecule has 3 nitrogen and oxygen atoms in total. The summed E-state index contributed by atoms with van der Waals surface area (Å²) in [6.07, 6.45) is -1.08. The number of carbonyl (C=O) groups excluding carboxylic acids is 1. The van der Waals surface area contributed by atoms with Crippen LogP contribution in [0.2, 0.25) is 0 Å². The third kappa shape index (κ3) is 5.98. The molecule has 0 saturated heterocycles. The van der Waals surface area contributed by atoms with Gasteiger partial charge in [-0.3, -0.25) is 0 Å². The molecule has 0 heterocycles. The van der Waals surface area contributed by atoms with Crippen molar-refractivity contribution in [2.75, 3.05) is 0 Å². The molecule has 0 atom stereocenters. The minimum atomic E-state index is -1.16. The van der Waals surface area contributed by atoms with Gasteiger partial charge in [0.05, 0.1) is 6.10 Å². The Balaban J connectivity index is 3.44. The van der Waals surface area contributed by atoms with E-state index in [4.69, 9.17) is 23.2 Å². The lowest BCUT2D eigenvalue weighted by atomic mass is 10.5. The highest BCUT2D eigenvalue weighted by Crippen LogP contribution is 2.05. The first-order chi connectivity index (χ1) is 4.52. The molecule has 0 aromatic carbocycles. The van der Waals surface area contributed by atoms with E-state index in [0.717, 1.165) is 0 Å². The van der Waals surface area contributed by atoms with Crippen molar-refractivity contribution in [2.45, 2.75) is 25.0 Å². The predicted molar refractivity (Wildman–Crippen MR) is 38.2 cm³/mol. The Morgan fingerprint density at radius 2 is 1.80 bits per heavy atom. The molecule has 0 aromatic heterocycles. The summed E-state index contributed by atoms with van der Waals surface area (Å²) >= 11 is 10.2. The average molecular weight is 187 g/mol. The Bertz CT molecular complexity index is 101. The van der Waals surface area contributed by atoms with Crippen molar-refractivity contribution in [1.29, 1.82) is 0 Å². The average Bonchev–Trinajstić information content (AvgIpc) is 1.58. The zero-order valence-corrected chi connectivity index (χ0v) is 7.15. The van der Waals surface area contributed by atoms with Crippen molar-refractivity contribution in [3.05, 3.63) is 0 Å². The molecule has 0 fully saturated rings. The summed E-state index contributed by atoms with van der Waals surface area (Å²) in [6, 6.07) is 0. The second kappa shape index (κ2) is 4.63. The molecule has 0 N–H and O–H groups in total. The molecular formula is C5H8Cl2O3. The Morgan fingerprint density at radius 1 is 1.30 bits per heavy atom. The van der Waals surface area contributed by atoms with Crippen molar-refractivity contribution >= 4 is 29.4 Å². The smallest absolute Gasteiger partial charge is 0.432 e. The monoisotopic (exact) mass is 186 g/mol. The number of rotatable bonds is 2. The predicted octanol–water partition coefficient (Wildman–Crippen LogP) is 2.31. The van der Waals surface area contributed by atoms with E-state index in [1.165, 1.54) is 0 Å². The standard InChI is InChI=1S/C5H8Cl2O3/c1-3(2)9-5(8)10-4(6)7/h3-4H,1-2H3. The lowest BCUT2D eigenvalue weighted by Gasteiger charge is -2.07. The zero-order valence-electron chi connectivity index (χ0n) is 5.64. The van der Waals surface area contributed by atoms with Gasteiger partial charge in [0.25, 0.3) is 5.02 Å². The van der Waals surface area contributed by atoms with Gasteiger partial charge in [0, 0.05) is 0 Å². The van der Waals surface area contributed by atoms with Crippen LogP contribution in [0.1, 0.15) is 13.8 Å². The normalized spacial score (nSPS) is 10.2. The first-order valence-electron chi connectivity index (χ1n) is 2.67. The van der Waals surface area contributed by atoms with Gasteiger partial charge >= 0.3 is 6.16 Å². The lowest BCUT2D eigenvalue weighted by Crippen LogP contribution is -2.14. The highest BCUT2D eigenvalue weighted by atomic mass is 35.5. The third-order valence-corrected chi connectivity index (χ3v) is 0.695. The SMILES string of the molecule is CC(C)OC(=O)OC(Cl)Cl. The molecule has 0 spiro atoms. The first-order valence-corrected chi connectivity index (χ1v) is 3.55. The van der Waals surface area contributed by atoms with Crippen LogP contribution in [0.4, 0.5) is 4.79 Å². The molecule has 0 rings (SSSR count). The van der Waals surface area contributed by atoms with E-state index in [-0.39, 0.29) is 6.10 Å². The minimum absolute atomic E-state index is 0.223. The van der Waals surface area contributed by atoms with E-state index in [2.05, 4.69) is 9.47 Å². The number of halogens is 2. The molecule has 0 aliphatic carbocycles. The molecule has 0 aliphatic heterocycles. The lowest BCUT2D eigenvalue weighted by molar-refractivity contribution is 0.0393. The number of ether oxygens (including phenoxy) is 2. The van der Waals surface area contributed by atoms with Gasteiger partial charge in [0.1, 0.15) is 0 Å². The van der Waals surface area contributed by atoms with Crippen molar-refractivity contribution < 1.29 is 14.3 Å². The van der Waals surface area contributed by atoms with Crippen LogP contribution in [0.15, 0.2) is 0 Å². The van der Waals surface area contributed by atoms with Crippen LogP contribution in [0.5, 0.6) is 0 Å². The Labute approximate surface area is 69.2 Å². The van der Waals surface area contributed by atoms with Crippen LogP contribution in [-0.2, 0) is 9.47 Å². The maximum absolute atomic E-state index is 10.5. The van der Waals surface area contributed by atoms with Crippen molar-refractivity contribution in [2.24, 2.45) is 0 Å². The molecule has 0 unspecified atom stereocenters. The summed E-state index contributed by atoms with van der Waals surface area (Å²) in [4.78, 5) is 10.5. The fourth-order valence-electron chi connectivity index (χ4n) is 0.293. The third-order valence-electron chi connectivity index (χ3n) is 0.517. The second-order valence-corrected chi connectivity index (χ2v) is 2.81. The Morgan fingerprint density at radius 3 is 2.10 bits per heavy atom. The molecule has 0 aliphatic rings. The molecule has 0 amide bonds. The zero-order chi connectivity index (χ0) is 8.15. The van der Waals surface area contributed by atoms with Gasteiger partial charge in [-0.25, -0.2) is 4.79 Å². The van der Waals surface area contributed by atoms with Crippen LogP contribution >= 0.6 is 23.2 Å². The molecule has 0 aromatic rings. The highest BCUT2D eigenvalue weighted by Gasteiger charge is 2.10. The maximum Gasteiger partial charge on any atom is 0.510 e. The summed E-state index contributed by atoms with van der Waals surface area (Å²) in [5.41, 5.74) is 0. The van der Waals surface area contributed by atoms with Crippen LogP contribution in [-0.4, -0.2) is 17.3 Å². The fraction of sp³-hybridized carbons (Fsp3) is 0.800. The minimum Gasteiger partial charge on any atom is -0.432 e. The second-order valence-electron chi connectivity index (χ2n) is 1.80. The van der Waals surface area contributed by atoms with Gasteiger partial charge in [-0.05, 0) is 13.8 Å². The largest absolute Gasteiger partial charge is 0.510 e. The highest BCUT2D eigenvalue weighted by molar-refractivity contribution is 6.43. The quantitative estimate of drug-likeness (QED) is 0.491. The number of alkyl halides is 2. The van der Waals surface area contributed by atoms with Gasteiger partial charge in [-0.1, -0.05) is 23.2 Å². The Kier molecular flexibility index (Phi) is 4.56. The summed E-state index contributed by atoms with van der Waals surface area (Å²) in [5.74, 6) is 0. The fourth-order valence-corrected chi connectivity index (χ4v) is 0.438. The van der Waals surface area contributed by atoms with E-state index in [1.54, 1.807) is 13.8 Å². The summed E-state index contributed by atoms with van der Waals surface area (Å²) in [5, 5.41) is -1.16. The molecule has 10 heavy (non-hydrogen) atoms. The van der Waals surface area contributed by atoms with Crippen molar-refractivity contribution in [1.82, 2.24) is 0 Å². The van der Waals surface area contributed by atoms with Crippen LogP contribution < -0.4 is 0 Å². The topological polar surface area (TPSA) is 35.5 Å². The summed E-state index contributed by atoms with van der Waals surface area (Å²) < 4.78 is 8.76. The van der Waals surface area contributed by atoms with Gasteiger partial charge < -0.3 is 9.47 Å². The number of hydrogen-bond acceptors (Lipinski definition) is 3. The van der Waals surface area contributed by atoms with Crippen LogP contribution in [0.25, 0.3) is 0 Å². The molecular weight excluding hydrogens is 179 g/mol. The molecule has 5 heteroatoms. The Hall–Kier alpha value is -0.150. The van der Waals surface area contributed by atoms with E-state index in [0.29, 0.717) is 0 Å².